The van der Waals surface area contributed by atoms with Gasteiger partial charge in [0.1, 0.15) is 11.6 Å². The third-order valence-electron chi connectivity index (χ3n) is 5.13. The van der Waals surface area contributed by atoms with Crippen LogP contribution in [-0.4, -0.2) is 19.2 Å². The van der Waals surface area contributed by atoms with Crippen LogP contribution in [0.2, 0.25) is 0 Å². The summed E-state index contributed by atoms with van der Waals surface area (Å²) >= 11 is 0. The summed E-state index contributed by atoms with van der Waals surface area (Å²) in [6.45, 7) is 0.561. The smallest absolute Gasteiger partial charge is 0.416 e. The minimum Gasteiger partial charge on any atom is -0.467 e. The molecule has 1 heterocycles. The molecule has 4 rings (SSSR count). The van der Waals surface area contributed by atoms with Crippen molar-refractivity contribution >= 4 is 5.91 Å². The summed E-state index contributed by atoms with van der Waals surface area (Å²) in [6.07, 6.45) is -4.09. The molecule has 1 amide bonds. The summed E-state index contributed by atoms with van der Waals surface area (Å²) in [6, 6.07) is 14.0. The predicted octanol–water partition coefficient (Wildman–Crippen LogP) is 5.35. The Bertz CT molecular complexity index is 1130. The molecule has 0 saturated heterocycles. The number of rotatable bonds is 5. The standard InChI is InChI=1S/C24H19F4NO3/c25-19-11-16(22-17(12-19)13-31-14-32-22)9-10-29-23(30)21-4-2-1-3-20(21)15-5-7-18(8-6-15)24(26,27)28/h1-8,11-12H,9-10,13-14H2,(H,29,30). The molecule has 0 radical (unpaired) electrons. The van der Waals surface area contributed by atoms with Gasteiger partial charge in [-0.3, -0.25) is 4.79 Å². The van der Waals surface area contributed by atoms with Crippen molar-refractivity contribution in [2.24, 2.45) is 0 Å². The highest BCUT2D eigenvalue weighted by molar-refractivity contribution is 6.00. The largest absolute Gasteiger partial charge is 0.467 e. The summed E-state index contributed by atoms with van der Waals surface area (Å²) in [5.74, 6) is -0.223. The van der Waals surface area contributed by atoms with Crippen LogP contribution in [0.5, 0.6) is 5.75 Å². The third kappa shape index (κ3) is 4.75. The lowest BCUT2D eigenvalue weighted by Crippen LogP contribution is -2.26. The maximum Gasteiger partial charge on any atom is 0.416 e. The van der Waals surface area contributed by atoms with Crippen molar-refractivity contribution in [1.82, 2.24) is 5.32 Å². The summed E-state index contributed by atoms with van der Waals surface area (Å²) in [4.78, 5) is 12.8. The molecule has 1 N–H and O–H groups in total. The SMILES string of the molecule is O=C(NCCc1cc(F)cc2c1OCOC2)c1ccccc1-c1ccc(C(F)(F)F)cc1. The van der Waals surface area contributed by atoms with E-state index in [9.17, 15) is 22.4 Å². The Morgan fingerprint density at radius 2 is 1.78 bits per heavy atom. The second kappa shape index (κ2) is 9.00. The van der Waals surface area contributed by atoms with Gasteiger partial charge in [0.25, 0.3) is 5.91 Å². The second-order valence-corrected chi connectivity index (χ2v) is 7.29. The Labute approximate surface area is 181 Å². The Kier molecular flexibility index (Phi) is 6.14. The van der Waals surface area contributed by atoms with Crippen LogP contribution in [0.15, 0.2) is 60.7 Å². The number of ether oxygens (including phenoxy) is 2. The lowest BCUT2D eigenvalue weighted by Gasteiger charge is -2.21. The van der Waals surface area contributed by atoms with E-state index in [4.69, 9.17) is 9.47 Å². The first-order valence-electron chi connectivity index (χ1n) is 9.89. The Balaban J connectivity index is 1.48. The number of carbonyl (C=O) groups excluding carboxylic acids is 1. The number of nitrogens with one attached hydrogen (secondary N) is 1. The second-order valence-electron chi connectivity index (χ2n) is 7.29. The minimum absolute atomic E-state index is 0.0818. The molecule has 166 valence electrons. The van der Waals surface area contributed by atoms with Gasteiger partial charge in [0.15, 0.2) is 6.79 Å². The van der Waals surface area contributed by atoms with Crippen LogP contribution >= 0.6 is 0 Å². The van der Waals surface area contributed by atoms with E-state index in [-0.39, 0.29) is 25.9 Å². The molecule has 3 aromatic carbocycles. The summed E-state index contributed by atoms with van der Waals surface area (Å²) in [5, 5.41) is 2.79. The highest BCUT2D eigenvalue weighted by Crippen LogP contribution is 2.32. The van der Waals surface area contributed by atoms with E-state index < -0.39 is 17.6 Å². The zero-order valence-electron chi connectivity index (χ0n) is 16.8. The first kappa shape index (κ1) is 21.8. The molecule has 1 aliphatic heterocycles. The molecular weight excluding hydrogens is 426 g/mol. The van der Waals surface area contributed by atoms with Gasteiger partial charge in [0, 0.05) is 17.7 Å². The normalized spacial score (nSPS) is 13.2. The van der Waals surface area contributed by atoms with Gasteiger partial charge in [0.05, 0.1) is 12.2 Å². The van der Waals surface area contributed by atoms with Gasteiger partial charge in [-0.05, 0) is 53.4 Å². The van der Waals surface area contributed by atoms with E-state index in [1.165, 1.54) is 24.3 Å². The van der Waals surface area contributed by atoms with Crippen molar-refractivity contribution in [3.8, 4) is 16.9 Å². The molecule has 0 bridgehead atoms. The van der Waals surface area contributed by atoms with Crippen LogP contribution in [-0.2, 0) is 23.9 Å². The molecule has 0 atom stereocenters. The monoisotopic (exact) mass is 445 g/mol. The molecule has 1 aliphatic rings. The average molecular weight is 445 g/mol. The van der Waals surface area contributed by atoms with Crippen molar-refractivity contribution < 1.29 is 31.8 Å². The van der Waals surface area contributed by atoms with Crippen LogP contribution < -0.4 is 10.1 Å². The molecule has 8 heteroatoms. The Hall–Kier alpha value is -3.39. The topological polar surface area (TPSA) is 47.6 Å². The molecule has 0 fully saturated rings. The lowest BCUT2D eigenvalue weighted by atomic mass is 9.98. The molecule has 4 nitrogen and oxygen atoms in total. The quantitative estimate of drug-likeness (QED) is 0.539. The number of hydrogen-bond donors (Lipinski definition) is 1. The Morgan fingerprint density at radius 1 is 1.03 bits per heavy atom. The molecule has 0 unspecified atom stereocenters. The lowest BCUT2D eigenvalue weighted by molar-refractivity contribution is -0.137. The van der Waals surface area contributed by atoms with E-state index in [0.717, 1.165) is 12.1 Å². The highest BCUT2D eigenvalue weighted by atomic mass is 19.4. The maximum absolute atomic E-state index is 13.9. The van der Waals surface area contributed by atoms with E-state index in [0.29, 0.717) is 40.0 Å². The van der Waals surface area contributed by atoms with Crippen LogP contribution in [0, 0.1) is 5.82 Å². The number of alkyl halides is 3. The highest BCUT2D eigenvalue weighted by Gasteiger charge is 2.30. The summed E-state index contributed by atoms with van der Waals surface area (Å²) in [5.41, 5.74) is 1.83. The zero-order valence-corrected chi connectivity index (χ0v) is 16.8. The zero-order chi connectivity index (χ0) is 22.7. The van der Waals surface area contributed by atoms with Crippen molar-refractivity contribution in [2.75, 3.05) is 13.3 Å². The molecule has 32 heavy (non-hydrogen) atoms. The van der Waals surface area contributed by atoms with Crippen LogP contribution in [0.3, 0.4) is 0 Å². The van der Waals surface area contributed by atoms with Crippen LogP contribution in [0.25, 0.3) is 11.1 Å². The first-order chi connectivity index (χ1) is 15.3. The van der Waals surface area contributed by atoms with E-state index >= 15 is 0 Å². The summed E-state index contributed by atoms with van der Waals surface area (Å²) in [7, 11) is 0. The van der Waals surface area contributed by atoms with Crippen molar-refractivity contribution in [1.29, 1.82) is 0 Å². The number of hydrogen-bond acceptors (Lipinski definition) is 3. The van der Waals surface area contributed by atoms with Crippen LogP contribution in [0.1, 0.15) is 27.0 Å². The first-order valence-corrected chi connectivity index (χ1v) is 9.89. The molecule has 0 saturated carbocycles. The predicted molar refractivity (Wildman–Crippen MR) is 110 cm³/mol. The van der Waals surface area contributed by atoms with Gasteiger partial charge in [0.2, 0.25) is 0 Å². The van der Waals surface area contributed by atoms with Crippen molar-refractivity contribution in [3.05, 3.63) is 88.7 Å². The Morgan fingerprint density at radius 3 is 2.53 bits per heavy atom. The fourth-order valence-corrected chi connectivity index (χ4v) is 3.62. The van der Waals surface area contributed by atoms with Gasteiger partial charge in [-0.1, -0.05) is 30.3 Å². The van der Waals surface area contributed by atoms with Gasteiger partial charge in [-0.15, -0.1) is 0 Å². The van der Waals surface area contributed by atoms with E-state index in [1.54, 1.807) is 24.3 Å². The van der Waals surface area contributed by atoms with Gasteiger partial charge >= 0.3 is 6.18 Å². The van der Waals surface area contributed by atoms with Gasteiger partial charge in [-0.25, -0.2) is 4.39 Å². The average Bonchev–Trinajstić information content (AvgIpc) is 2.78. The fourth-order valence-electron chi connectivity index (χ4n) is 3.62. The minimum atomic E-state index is -4.43. The number of halogens is 4. The molecule has 0 aromatic heterocycles. The number of benzene rings is 3. The third-order valence-corrected chi connectivity index (χ3v) is 5.13. The molecule has 0 aliphatic carbocycles. The summed E-state index contributed by atoms with van der Waals surface area (Å²) < 4.78 is 63.0. The number of carbonyl (C=O) groups is 1. The van der Waals surface area contributed by atoms with Crippen molar-refractivity contribution in [3.63, 3.8) is 0 Å². The van der Waals surface area contributed by atoms with Gasteiger partial charge in [-0.2, -0.15) is 13.2 Å². The number of amides is 1. The number of fused-ring (bicyclic) bond motifs is 1. The molecule has 0 spiro atoms. The van der Waals surface area contributed by atoms with E-state index in [1.807, 2.05) is 0 Å². The van der Waals surface area contributed by atoms with Crippen LogP contribution in [0.4, 0.5) is 17.6 Å². The van der Waals surface area contributed by atoms with E-state index in [2.05, 4.69) is 5.32 Å². The van der Waals surface area contributed by atoms with Crippen molar-refractivity contribution in [2.45, 2.75) is 19.2 Å². The fraction of sp³-hybridized carbons (Fsp3) is 0.208. The molecular formula is C24H19F4NO3. The van der Waals surface area contributed by atoms with Gasteiger partial charge < -0.3 is 14.8 Å². The molecule has 3 aromatic rings. The maximum atomic E-state index is 13.9.